The first-order valence-electron chi connectivity index (χ1n) is 7.07. The molecule has 0 radical (unpaired) electrons. The zero-order chi connectivity index (χ0) is 12.0. The normalized spacial score (nSPS) is 26.6. The second-order valence-corrected chi connectivity index (χ2v) is 5.65. The van der Waals surface area contributed by atoms with E-state index in [2.05, 4.69) is 38.0 Å². The number of hydrogen-bond acceptors (Lipinski definition) is 2. The Kier molecular flexibility index (Phi) is 6.37. The van der Waals surface area contributed by atoms with Crippen LogP contribution in [-0.4, -0.2) is 37.6 Å². The van der Waals surface area contributed by atoms with Crippen LogP contribution in [0.1, 0.15) is 46.5 Å². The fraction of sp³-hybridized carbons (Fsp3) is 1.00. The average molecular weight is 226 g/mol. The van der Waals surface area contributed by atoms with E-state index in [9.17, 15) is 0 Å². The van der Waals surface area contributed by atoms with Gasteiger partial charge in [0.1, 0.15) is 0 Å². The van der Waals surface area contributed by atoms with E-state index < -0.39 is 0 Å². The Morgan fingerprint density at radius 3 is 2.56 bits per heavy atom. The van der Waals surface area contributed by atoms with Crippen LogP contribution in [0.25, 0.3) is 0 Å². The quantitative estimate of drug-likeness (QED) is 0.749. The third-order valence-corrected chi connectivity index (χ3v) is 4.12. The molecule has 0 aromatic heterocycles. The van der Waals surface area contributed by atoms with E-state index in [1.54, 1.807) is 0 Å². The summed E-state index contributed by atoms with van der Waals surface area (Å²) in [7, 11) is 2.20. The molecule has 2 unspecified atom stereocenters. The largest absolute Gasteiger partial charge is 0.312 e. The van der Waals surface area contributed by atoms with Crippen LogP contribution in [-0.2, 0) is 0 Å². The molecule has 0 spiro atoms. The van der Waals surface area contributed by atoms with Crippen molar-refractivity contribution in [3.63, 3.8) is 0 Å². The lowest BCUT2D eigenvalue weighted by molar-refractivity contribution is 0.200. The standard InChI is InChI=1S/C14H30N2/c1-5-16(4)11-10-15-14-9-7-6-8-13(14)12(2)3/h12-15H,5-11H2,1-4H3. The number of hydrogen-bond donors (Lipinski definition) is 1. The Morgan fingerprint density at radius 2 is 1.94 bits per heavy atom. The summed E-state index contributed by atoms with van der Waals surface area (Å²) in [4.78, 5) is 2.38. The predicted octanol–water partition coefficient (Wildman–Crippen LogP) is 2.74. The van der Waals surface area contributed by atoms with Gasteiger partial charge in [-0.1, -0.05) is 33.6 Å². The van der Waals surface area contributed by atoms with Crippen molar-refractivity contribution in [1.82, 2.24) is 10.2 Å². The van der Waals surface area contributed by atoms with Gasteiger partial charge in [0.2, 0.25) is 0 Å². The molecular formula is C14H30N2. The molecule has 0 bridgehead atoms. The molecule has 1 aliphatic carbocycles. The minimum Gasteiger partial charge on any atom is -0.312 e. The lowest BCUT2D eigenvalue weighted by Crippen LogP contribution is -2.43. The van der Waals surface area contributed by atoms with E-state index in [-0.39, 0.29) is 0 Å². The molecule has 96 valence electrons. The third-order valence-electron chi connectivity index (χ3n) is 4.12. The lowest BCUT2D eigenvalue weighted by Gasteiger charge is -2.35. The number of nitrogens with zero attached hydrogens (tertiary/aromatic N) is 1. The average Bonchev–Trinajstić information content (AvgIpc) is 2.29. The SMILES string of the molecule is CCN(C)CCNC1CCCCC1C(C)C. The molecule has 0 heterocycles. The molecule has 0 saturated heterocycles. The van der Waals surface area contributed by atoms with Crippen molar-refractivity contribution in [2.45, 2.75) is 52.5 Å². The molecule has 2 nitrogen and oxygen atoms in total. The summed E-state index contributed by atoms with van der Waals surface area (Å²) in [6.07, 6.45) is 5.68. The second-order valence-electron chi connectivity index (χ2n) is 5.65. The number of rotatable bonds is 6. The van der Waals surface area contributed by atoms with E-state index >= 15 is 0 Å². The maximum absolute atomic E-state index is 3.78. The fourth-order valence-electron chi connectivity index (χ4n) is 2.81. The Bertz CT molecular complexity index is 180. The monoisotopic (exact) mass is 226 g/mol. The molecule has 1 rings (SSSR count). The van der Waals surface area contributed by atoms with Gasteiger partial charge in [-0.15, -0.1) is 0 Å². The van der Waals surface area contributed by atoms with Crippen LogP contribution in [0.4, 0.5) is 0 Å². The maximum atomic E-state index is 3.78. The molecule has 1 fully saturated rings. The Balaban J connectivity index is 2.27. The number of likely N-dealkylation sites (N-methyl/N-ethyl adjacent to an activating group) is 1. The lowest BCUT2D eigenvalue weighted by atomic mass is 9.78. The Hall–Kier alpha value is -0.0800. The summed E-state index contributed by atoms with van der Waals surface area (Å²) in [6, 6.07) is 0.777. The molecule has 0 aromatic rings. The van der Waals surface area contributed by atoms with Crippen molar-refractivity contribution in [2.75, 3.05) is 26.7 Å². The summed E-state index contributed by atoms with van der Waals surface area (Å²) < 4.78 is 0. The van der Waals surface area contributed by atoms with E-state index in [0.717, 1.165) is 31.0 Å². The van der Waals surface area contributed by atoms with Gasteiger partial charge < -0.3 is 10.2 Å². The van der Waals surface area contributed by atoms with Gasteiger partial charge >= 0.3 is 0 Å². The zero-order valence-electron chi connectivity index (χ0n) is 11.6. The van der Waals surface area contributed by atoms with Crippen molar-refractivity contribution in [3.8, 4) is 0 Å². The maximum Gasteiger partial charge on any atom is 0.0104 e. The smallest absolute Gasteiger partial charge is 0.0104 e. The van der Waals surface area contributed by atoms with Gasteiger partial charge in [-0.2, -0.15) is 0 Å². The van der Waals surface area contributed by atoms with Crippen LogP contribution >= 0.6 is 0 Å². The molecule has 2 atom stereocenters. The first kappa shape index (κ1) is 14.0. The molecule has 0 aromatic carbocycles. The van der Waals surface area contributed by atoms with E-state index in [0.29, 0.717) is 0 Å². The summed E-state index contributed by atoms with van der Waals surface area (Å²) in [6.45, 7) is 10.5. The van der Waals surface area contributed by atoms with E-state index in [4.69, 9.17) is 0 Å². The Labute approximate surface area is 102 Å². The fourth-order valence-corrected chi connectivity index (χ4v) is 2.81. The van der Waals surface area contributed by atoms with Gasteiger partial charge in [0.05, 0.1) is 0 Å². The topological polar surface area (TPSA) is 15.3 Å². The van der Waals surface area contributed by atoms with Crippen LogP contribution in [0.2, 0.25) is 0 Å². The highest BCUT2D eigenvalue weighted by molar-refractivity contribution is 4.82. The predicted molar refractivity (Wildman–Crippen MR) is 71.8 cm³/mol. The van der Waals surface area contributed by atoms with E-state index in [1.807, 2.05) is 0 Å². The first-order chi connectivity index (χ1) is 7.65. The summed E-state index contributed by atoms with van der Waals surface area (Å²) in [5.74, 6) is 1.74. The van der Waals surface area contributed by atoms with Crippen LogP contribution in [0.3, 0.4) is 0 Å². The van der Waals surface area contributed by atoms with Gasteiger partial charge in [0.15, 0.2) is 0 Å². The van der Waals surface area contributed by atoms with Gasteiger partial charge in [-0.05, 0) is 38.3 Å². The van der Waals surface area contributed by atoms with Crippen LogP contribution in [0.5, 0.6) is 0 Å². The molecular weight excluding hydrogens is 196 g/mol. The Morgan fingerprint density at radius 1 is 1.25 bits per heavy atom. The summed E-state index contributed by atoms with van der Waals surface area (Å²) in [5.41, 5.74) is 0. The summed E-state index contributed by atoms with van der Waals surface area (Å²) >= 11 is 0. The molecule has 0 amide bonds. The molecule has 1 aliphatic rings. The van der Waals surface area contributed by atoms with Crippen LogP contribution in [0.15, 0.2) is 0 Å². The minimum atomic E-state index is 0.777. The van der Waals surface area contributed by atoms with Crippen molar-refractivity contribution >= 4 is 0 Å². The molecule has 0 aliphatic heterocycles. The minimum absolute atomic E-state index is 0.777. The van der Waals surface area contributed by atoms with Crippen molar-refractivity contribution in [3.05, 3.63) is 0 Å². The first-order valence-corrected chi connectivity index (χ1v) is 7.07. The van der Waals surface area contributed by atoms with Crippen LogP contribution < -0.4 is 5.32 Å². The third kappa shape index (κ3) is 4.42. The van der Waals surface area contributed by atoms with Crippen molar-refractivity contribution < 1.29 is 0 Å². The highest BCUT2D eigenvalue weighted by atomic mass is 15.1. The van der Waals surface area contributed by atoms with Gasteiger partial charge in [-0.25, -0.2) is 0 Å². The van der Waals surface area contributed by atoms with Crippen molar-refractivity contribution in [2.24, 2.45) is 11.8 Å². The van der Waals surface area contributed by atoms with Gasteiger partial charge in [-0.3, -0.25) is 0 Å². The molecule has 16 heavy (non-hydrogen) atoms. The zero-order valence-corrected chi connectivity index (χ0v) is 11.6. The van der Waals surface area contributed by atoms with Crippen molar-refractivity contribution in [1.29, 1.82) is 0 Å². The van der Waals surface area contributed by atoms with E-state index in [1.165, 1.54) is 32.2 Å². The molecule has 1 N–H and O–H groups in total. The number of nitrogens with one attached hydrogen (secondary N) is 1. The summed E-state index contributed by atoms with van der Waals surface area (Å²) in [5, 5.41) is 3.78. The van der Waals surface area contributed by atoms with Gasteiger partial charge in [0.25, 0.3) is 0 Å². The second kappa shape index (κ2) is 7.29. The molecule has 2 heteroatoms. The highest BCUT2D eigenvalue weighted by Gasteiger charge is 2.26. The molecule has 1 saturated carbocycles. The van der Waals surface area contributed by atoms with Gasteiger partial charge in [0, 0.05) is 19.1 Å². The highest BCUT2D eigenvalue weighted by Crippen LogP contribution is 2.29. The van der Waals surface area contributed by atoms with Crippen LogP contribution in [0, 0.1) is 11.8 Å².